The van der Waals surface area contributed by atoms with Crippen LogP contribution in [0.1, 0.15) is 5.56 Å². The number of aliphatic hydroxyl groups excluding tert-OH is 1. The van der Waals surface area contributed by atoms with Crippen LogP contribution in [0.5, 0.6) is 0 Å². The van der Waals surface area contributed by atoms with Gasteiger partial charge >= 0.3 is 6.18 Å². The zero-order valence-electron chi connectivity index (χ0n) is 12.3. The third kappa shape index (κ3) is 5.04. The molecule has 9 heteroatoms. The van der Waals surface area contributed by atoms with Gasteiger partial charge in [0.1, 0.15) is 0 Å². The van der Waals surface area contributed by atoms with Gasteiger partial charge in [-0.05, 0) is 48.5 Å². The second-order valence-corrected chi connectivity index (χ2v) is 5.58. The number of hydrogen-bond donors (Lipinski definition) is 1. The van der Waals surface area contributed by atoms with Gasteiger partial charge in [0.05, 0.1) is 5.69 Å². The smallest absolute Gasteiger partial charge is 0.456 e. The molecule has 0 unspecified atom stereocenters. The van der Waals surface area contributed by atoms with Crippen LogP contribution in [0.15, 0.2) is 64.5 Å². The van der Waals surface area contributed by atoms with Crippen LogP contribution >= 0.6 is 23.2 Å². The highest BCUT2D eigenvalue weighted by Crippen LogP contribution is 2.28. The molecular formula is C16H9Cl2F3N2O2. The molecule has 0 amide bonds. The third-order valence-corrected chi connectivity index (χ3v) is 3.41. The average Bonchev–Trinajstić information content (AvgIpc) is 2.56. The van der Waals surface area contributed by atoms with Gasteiger partial charge in [0.2, 0.25) is 0 Å². The van der Waals surface area contributed by atoms with Crippen molar-refractivity contribution in [1.82, 2.24) is 0 Å². The summed E-state index contributed by atoms with van der Waals surface area (Å²) in [6.45, 7) is 0. The number of allylic oxidation sites excluding steroid dienone is 1. The molecule has 0 atom stereocenters. The molecule has 0 bridgehead atoms. The van der Waals surface area contributed by atoms with Crippen molar-refractivity contribution in [3.8, 4) is 0 Å². The zero-order chi connectivity index (χ0) is 18.6. The van der Waals surface area contributed by atoms with Crippen LogP contribution in [0.25, 0.3) is 5.76 Å². The maximum Gasteiger partial charge on any atom is 0.456 e. The van der Waals surface area contributed by atoms with Crippen LogP contribution in [0.4, 0.5) is 18.9 Å². The first-order chi connectivity index (χ1) is 11.7. The average molecular weight is 389 g/mol. The normalized spacial score (nSPS) is 13.0. The lowest BCUT2D eigenvalue weighted by Crippen LogP contribution is -2.24. The molecule has 2 aromatic rings. The number of carbonyl (C=O) groups is 1. The minimum atomic E-state index is -5.23. The van der Waals surface area contributed by atoms with Crippen molar-refractivity contribution in [2.75, 3.05) is 0 Å². The molecule has 0 heterocycles. The molecule has 0 radical (unpaired) electrons. The Morgan fingerprint density at radius 1 is 0.920 bits per heavy atom. The number of hydrogen-bond acceptors (Lipinski definition) is 4. The standard InChI is InChI=1S/C16H9Cl2F3N2O2/c17-10-3-1-9(2-4-10)14(24)13(15(25)16(19,20)21)23-22-12-7-5-11(18)6-8-12/h1-8,24H. The number of alkyl halides is 3. The number of Topliss-reactive ketones (excluding diaryl/α,β-unsaturated/α-hetero) is 1. The molecule has 0 saturated carbocycles. The molecule has 0 spiro atoms. The minimum absolute atomic E-state index is 0.0629. The van der Waals surface area contributed by atoms with E-state index in [9.17, 15) is 23.1 Å². The van der Waals surface area contributed by atoms with Crippen molar-refractivity contribution in [3.05, 3.63) is 69.8 Å². The van der Waals surface area contributed by atoms with Gasteiger partial charge in [-0.3, -0.25) is 4.79 Å². The predicted octanol–water partition coefficient (Wildman–Crippen LogP) is 6.14. The maximum atomic E-state index is 12.8. The molecule has 0 aliphatic carbocycles. The molecule has 2 rings (SSSR count). The van der Waals surface area contributed by atoms with E-state index in [-0.39, 0.29) is 11.3 Å². The number of carbonyl (C=O) groups excluding carboxylic acids is 1. The molecule has 25 heavy (non-hydrogen) atoms. The van der Waals surface area contributed by atoms with Crippen molar-refractivity contribution in [2.45, 2.75) is 6.18 Å². The first-order valence-corrected chi connectivity index (χ1v) is 7.42. The van der Waals surface area contributed by atoms with Crippen LogP contribution in [0, 0.1) is 0 Å². The van der Waals surface area contributed by atoms with E-state index in [0.717, 1.165) is 0 Å². The van der Waals surface area contributed by atoms with Crippen LogP contribution in [-0.2, 0) is 4.79 Å². The van der Waals surface area contributed by atoms with Gasteiger partial charge < -0.3 is 5.11 Å². The Labute approximate surface area is 150 Å². The highest BCUT2D eigenvalue weighted by Gasteiger charge is 2.43. The van der Waals surface area contributed by atoms with E-state index in [1.165, 1.54) is 48.5 Å². The number of azo groups is 1. The Hall–Kier alpha value is -2.38. The minimum Gasteiger partial charge on any atom is -0.505 e. The van der Waals surface area contributed by atoms with Gasteiger partial charge in [-0.1, -0.05) is 23.2 Å². The first-order valence-electron chi connectivity index (χ1n) is 6.66. The number of aliphatic hydroxyl groups is 1. The van der Waals surface area contributed by atoms with Crippen LogP contribution in [0.2, 0.25) is 10.0 Å². The van der Waals surface area contributed by atoms with E-state index < -0.39 is 23.4 Å². The molecule has 0 aliphatic rings. The summed E-state index contributed by atoms with van der Waals surface area (Å²) in [5.74, 6) is -3.28. The number of nitrogens with zero attached hydrogens (tertiary/aromatic N) is 2. The van der Waals surface area contributed by atoms with Gasteiger partial charge in [-0.25, -0.2) is 0 Å². The van der Waals surface area contributed by atoms with Crippen molar-refractivity contribution in [3.63, 3.8) is 0 Å². The van der Waals surface area contributed by atoms with Crippen LogP contribution in [0.3, 0.4) is 0 Å². The fourth-order valence-corrected chi connectivity index (χ4v) is 1.95. The highest BCUT2D eigenvalue weighted by atomic mass is 35.5. The number of rotatable bonds is 4. The quantitative estimate of drug-likeness (QED) is 0.388. The van der Waals surface area contributed by atoms with Crippen molar-refractivity contribution in [2.24, 2.45) is 10.2 Å². The van der Waals surface area contributed by atoms with E-state index >= 15 is 0 Å². The molecule has 1 N–H and O–H groups in total. The molecule has 0 aliphatic heterocycles. The SMILES string of the molecule is O=C(C(N=Nc1ccc(Cl)cc1)=C(O)c1ccc(Cl)cc1)C(F)(F)F. The second-order valence-electron chi connectivity index (χ2n) is 4.71. The van der Waals surface area contributed by atoms with E-state index in [1.807, 2.05) is 0 Å². The predicted molar refractivity (Wildman–Crippen MR) is 88.0 cm³/mol. The summed E-state index contributed by atoms with van der Waals surface area (Å²) in [5, 5.41) is 17.6. The Morgan fingerprint density at radius 3 is 1.88 bits per heavy atom. The molecule has 2 aromatic carbocycles. The summed E-state index contributed by atoms with van der Waals surface area (Å²) in [6.07, 6.45) is -5.23. The number of halogens is 5. The Bertz CT molecular complexity index is 830. The summed E-state index contributed by atoms with van der Waals surface area (Å²) in [4.78, 5) is 11.6. The van der Waals surface area contributed by atoms with Gasteiger partial charge in [-0.15, -0.1) is 5.11 Å². The first kappa shape index (κ1) is 19.0. The monoisotopic (exact) mass is 388 g/mol. The van der Waals surface area contributed by atoms with Crippen LogP contribution < -0.4 is 0 Å². The van der Waals surface area contributed by atoms with Gasteiger partial charge in [-0.2, -0.15) is 18.3 Å². The molecule has 0 aromatic heterocycles. The van der Waals surface area contributed by atoms with Crippen molar-refractivity contribution >= 4 is 40.4 Å². The van der Waals surface area contributed by atoms with Crippen LogP contribution in [-0.4, -0.2) is 17.1 Å². The Kier molecular flexibility index (Phi) is 5.81. The van der Waals surface area contributed by atoms with Gasteiger partial charge in [0, 0.05) is 15.6 Å². The fourth-order valence-electron chi connectivity index (χ4n) is 1.69. The molecule has 4 nitrogen and oxygen atoms in total. The van der Waals surface area contributed by atoms with Crippen molar-refractivity contribution < 1.29 is 23.1 Å². The fraction of sp³-hybridized carbons (Fsp3) is 0.0625. The molecular weight excluding hydrogens is 380 g/mol. The topological polar surface area (TPSA) is 62.0 Å². The molecule has 0 saturated heterocycles. The molecule has 130 valence electrons. The number of benzene rings is 2. The lowest BCUT2D eigenvalue weighted by Gasteiger charge is -2.08. The molecule has 0 fully saturated rings. The Morgan fingerprint density at radius 2 is 1.40 bits per heavy atom. The third-order valence-electron chi connectivity index (χ3n) is 2.91. The van der Waals surface area contributed by atoms with E-state index in [2.05, 4.69) is 10.2 Å². The second kappa shape index (κ2) is 7.67. The summed E-state index contributed by atoms with van der Waals surface area (Å²) in [5.41, 5.74) is -1.14. The lowest BCUT2D eigenvalue weighted by atomic mass is 10.1. The zero-order valence-corrected chi connectivity index (χ0v) is 13.8. The van der Waals surface area contributed by atoms with E-state index in [1.54, 1.807) is 0 Å². The highest BCUT2D eigenvalue weighted by molar-refractivity contribution is 6.30. The summed E-state index contributed by atoms with van der Waals surface area (Å²) >= 11 is 11.4. The summed E-state index contributed by atoms with van der Waals surface area (Å²) in [7, 11) is 0. The Balaban J connectivity index is 2.49. The lowest BCUT2D eigenvalue weighted by molar-refractivity contribution is -0.166. The van der Waals surface area contributed by atoms with Gasteiger partial charge in [0.15, 0.2) is 11.5 Å². The summed E-state index contributed by atoms with van der Waals surface area (Å²) < 4.78 is 38.3. The van der Waals surface area contributed by atoms with E-state index in [0.29, 0.717) is 10.0 Å². The van der Waals surface area contributed by atoms with Gasteiger partial charge in [0.25, 0.3) is 5.78 Å². The largest absolute Gasteiger partial charge is 0.505 e. The van der Waals surface area contributed by atoms with Crippen molar-refractivity contribution in [1.29, 1.82) is 0 Å². The maximum absolute atomic E-state index is 12.8. The number of ketones is 1. The summed E-state index contributed by atoms with van der Waals surface area (Å²) in [6, 6.07) is 10.9. The van der Waals surface area contributed by atoms with E-state index in [4.69, 9.17) is 23.2 Å².